The number of likely N-dealkylation sites (tertiary alicyclic amines) is 1. The molecule has 4 heteroatoms. The summed E-state index contributed by atoms with van der Waals surface area (Å²) in [5.41, 5.74) is 3.06. The Bertz CT molecular complexity index is 856. The molecule has 1 saturated heterocycles. The number of rotatable bonds is 4. The minimum Gasteiger partial charge on any atom is -0.464 e. The quantitative estimate of drug-likeness (QED) is 0.689. The van der Waals surface area contributed by atoms with Gasteiger partial charge in [0.2, 0.25) is 0 Å². The molecule has 2 aromatic carbocycles. The first-order valence-electron chi connectivity index (χ1n) is 8.74. The third-order valence-corrected chi connectivity index (χ3v) is 4.83. The van der Waals surface area contributed by atoms with Gasteiger partial charge in [-0.05, 0) is 30.9 Å². The molecule has 1 aromatic heterocycles. The maximum absolute atomic E-state index is 12.5. The highest BCUT2D eigenvalue weighted by Gasteiger charge is 2.30. The number of carbonyl (C=O) groups is 1. The second-order valence-corrected chi connectivity index (χ2v) is 6.49. The van der Waals surface area contributed by atoms with Crippen molar-refractivity contribution in [2.45, 2.75) is 31.9 Å². The Morgan fingerprint density at radius 3 is 2.80 bits per heavy atom. The summed E-state index contributed by atoms with van der Waals surface area (Å²) in [7, 11) is 0. The van der Waals surface area contributed by atoms with Gasteiger partial charge in [0.15, 0.2) is 0 Å². The minimum atomic E-state index is -0.223. The lowest BCUT2D eigenvalue weighted by molar-refractivity contribution is 0.0921. The molecule has 3 aromatic rings. The number of nitrogens with zero attached hydrogens (tertiary/aromatic N) is 1. The third-order valence-electron chi connectivity index (χ3n) is 4.83. The second kappa shape index (κ2) is 7.01. The average molecular weight is 335 g/mol. The zero-order chi connectivity index (χ0) is 17.1. The van der Waals surface area contributed by atoms with Crippen molar-refractivity contribution in [2.24, 2.45) is 0 Å². The average Bonchev–Trinajstić information content (AvgIpc) is 3.28. The monoisotopic (exact) mass is 335 g/mol. The predicted molar refractivity (Wildman–Crippen MR) is 96.3 cm³/mol. The molecular weight excluding hydrogens is 314 g/mol. The number of furan rings is 1. The van der Waals surface area contributed by atoms with Crippen LogP contribution in [0.4, 0.5) is 4.79 Å². The van der Waals surface area contributed by atoms with E-state index in [1.165, 1.54) is 0 Å². The highest BCUT2D eigenvalue weighted by atomic mass is 16.6. The SMILES string of the molecule is O=C(OCc1ccccc1)N1CCC[C@H]1Cc1coc2ccccc12. The molecule has 2 heterocycles. The number of amides is 1. The highest BCUT2D eigenvalue weighted by molar-refractivity contribution is 5.81. The van der Waals surface area contributed by atoms with Crippen LogP contribution in [0.1, 0.15) is 24.0 Å². The van der Waals surface area contributed by atoms with Crippen LogP contribution in [0, 0.1) is 0 Å². The largest absolute Gasteiger partial charge is 0.464 e. The Morgan fingerprint density at radius 2 is 1.92 bits per heavy atom. The summed E-state index contributed by atoms with van der Waals surface area (Å²) in [5.74, 6) is 0. The van der Waals surface area contributed by atoms with E-state index in [0.29, 0.717) is 6.61 Å². The molecule has 1 aliphatic rings. The van der Waals surface area contributed by atoms with Crippen molar-refractivity contribution in [1.82, 2.24) is 4.90 Å². The maximum atomic E-state index is 12.5. The number of benzene rings is 2. The zero-order valence-corrected chi connectivity index (χ0v) is 14.1. The molecule has 4 nitrogen and oxygen atoms in total. The number of hydrogen-bond acceptors (Lipinski definition) is 3. The molecule has 0 saturated carbocycles. The first-order chi connectivity index (χ1) is 12.3. The van der Waals surface area contributed by atoms with Gasteiger partial charge in [-0.1, -0.05) is 48.5 Å². The Balaban J connectivity index is 1.42. The number of fused-ring (bicyclic) bond motifs is 1. The lowest BCUT2D eigenvalue weighted by atomic mass is 10.0. The van der Waals surface area contributed by atoms with Gasteiger partial charge >= 0.3 is 6.09 Å². The van der Waals surface area contributed by atoms with Gasteiger partial charge in [0.05, 0.1) is 6.26 Å². The van der Waals surface area contributed by atoms with Crippen molar-refractivity contribution < 1.29 is 13.9 Å². The van der Waals surface area contributed by atoms with Crippen LogP contribution in [0.25, 0.3) is 11.0 Å². The summed E-state index contributed by atoms with van der Waals surface area (Å²) in [5, 5.41) is 1.13. The van der Waals surface area contributed by atoms with Crippen LogP contribution < -0.4 is 0 Å². The van der Waals surface area contributed by atoms with E-state index >= 15 is 0 Å². The Hall–Kier alpha value is -2.75. The van der Waals surface area contributed by atoms with Crippen molar-refractivity contribution in [1.29, 1.82) is 0 Å². The summed E-state index contributed by atoms with van der Waals surface area (Å²) < 4.78 is 11.1. The first-order valence-corrected chi connectivity index (χ1v) is 8.74. The molecule has 1 fully saturated rings. The van der Waals surface area contributed by atoms with Gasteiger partial charge in [-0.15, -0.1) is 0 Å². The predicted octanol–water partition coefficient (Wildman–Crippen LogP) is 4.78. The van der Waals surface area contributed by atoms with Gasteiger partial charge in [-0.2, -0.15) is 0 Å². The van der Waals surface area contributed by atoms with Gasteiger partial charge in [0.1, 0.15) is 12.2 Å². The number of ether oxygens (including phenoxy) is 1. The standard InChI is InChI=1S/C21H21NO3/c23-21(25-14-16-7-2-1-3-8-16)22-12-6-9-18(22)13-17-15-24-20-11-5-4-10-19(17)20/h1-5,7-8,10-11,15,18H,6,9,12-14H2/t18-/m0/s1. The van der Waals surface area contributed by atoms with Crippen LogP contribution in [-0.2, 0) is 17.8 Å². The highest BCUT2D eigenvalue weighted by Crippen LogP contribution is 2.27. The molecule has 0 aliphatic carbocycles. The van der Waals surface area contributed by atoms with Crippen LogP contribution in [-0.4, -0.2) is 23.6 Å². The number of para-hydroxylation sites is 1. The van der Waals surface area contributed by atoms with Crippen molar-refractivity contribution >= 4 is 17.1 Å². The van der Waals surface area contributed by atoms with E-state index in [9.17, 15) is 4.79 Å². The van der Waals surface area contributed by atoms with Crippen molar-refractivity contribution in [3.63, 3.8) is 0 Å². The molecule has 0 unspecified atom stereocenters. The maximum Gasteiger partial charge on any atom is 0.410 e. The van der Waals surface area contributed by atoms with Crippen molar-refractivity contribution in [2.75, 3.05) is 6.54 Å². The van der Waals surface area contributed by atoms with E-state index < -0.39 is 0 Å². The van der Waals surface area contributed by atoms with Gasteiger partial charge in [-0.3, -0.25) is 0 Å². The normalized spacial score (nSPS) is 17.1. The Kier molecular flexibility index (Phi) is 4.42. The molecule has 0 spiro atoms. The molecule has 0 radical (unpaired) electrons. The van der Waals surface area contributed by atoms with E-state index in [-0.39, 0.29) is 12.1 Å². The summed E-state index contributed by atoms with van der Waals surface area (Å²) in [6.07, 6.45) is 4.41. The Labute approximate surface area is 147 Å². The van der Waals surface area contributed by atoms with E-state index in [0.717, 1.165) is 47.9 Å². The van der Waals surface area contributed by atoms with Crippen molar-refractivity contribution in [3.8, 4) is 0 Å². The molecule has 1 atom stereocenters. The Morgan fingerprint density at radius 1 is 1.12 bits per heavy atom. The molecule has 4 rings (SSSR count). The molecule has 1 aliphatic heterocycles. The van der Waals surface area contributed by atoms with Crippen LogP contribution in [0.15, 0.2) is 65.3 Å². The third kappa shape index (κ3) is 3.38. The fourth-order valence-electron chi connectivity index (χ4n) is 3.54. The molecular formula is C21H21NO3. The molecule has 0 N–H and O–H groups in total. The summed E-state index contributed by atoms with van der Waals surface area (Å²) in [4.78, 5) is 14.4. The molecule has 128 valence electrons. The summed E-state index contributed by atoms with van der Waals surface area (Å²) in [6, 6.07) is 18.0. The van der Waals surface area contributed by atoms with Crippen LogP contribution >= 0.6 is 0 Å². The van der Waals surface area contributed by atoms with Gasteiger partial charge in [0, 0.05) is 23.5 Å². The fourth-order valence-corrected chi connectivity index (χ4v) is 3.54. The van der Waals surface area contributed by atoms with E-state index in [4.69, 9.17) is 9.15 Å². The number of carbonyl (C=O) groups excluding carboxylic acids is 1. The van der Waals surface area contributed by atoms with Gasteiger partial charge < -0.3 is 14.1 Å². The first kappa shape index (κ1) is 15.8. The van der Waals surface area contributed by atoms with E-state index in [1.807, 2.05) is 59.7 Å². The minimum absolute atomic E-state index is 0.171. The topological polar surface area (TPSA) is 42.7 Å². The second-order valence-electron chi connectivity index (χ2n) is 6.49. The zero-order valence-electron chi connectivity index (χ0n) is 14.1. The van der Waals surface area contributed by atoms with Crippen LogP contribution in [0.3, 0.4) is 0 Å². The van der Waals surface area contributed by atoms with Gasteiger partial charge in [-0.25, -0.2) is 4.79 Å². The lowest BCUT2D eigenvalue weighted by Crippen LogP contribution is -2.37. The summed E-state index contributed by atoms with van der Waals surface area (Å²) in [6.45, 7) is 1.08. The molecule has 25 heavy (non-hydrogen) atoms. The van der Waals surface area contributed by atoms with E-state index in [1.54, 1.807) is 0 Å². The van der Waals surface area contributed by atoms with Crippen LogP contribution in [0.2, 0.25) is 0 Å². The van der Waals surface area contributed by atoms with Crippen LogP contribution in [0.5, 0.6) is 0 Å². The van der Waals surface area contributed by atoms with Crippen molar-refractivity contribution in [3.05, 3.63) is 72.0 Å². The summed E-state index contributed by atoms with van der Waals surface area (Å²) >= 11 is 0. The molecule has 0 bridgehead atoms. The number of hydrogen-bond donors (Lipinski definition) is 0. The smallest absolute Gasteiger partial charge is 0.410 e. The molecule has 1 amide bonds. The van der Waals surface area contributed by atoms with Gasteiger partial charge in [0.25, 0.3) is 0 Å². The fraction of sp³-hybridized carbons (Fsp3) is 0.286. The van der Waals surface area contributed by atoms with E-state index in [2.05, 4.69) is 6.07 Å². The lowest BCUT2D eigenvalue weighted by Gasteiger charge is -2.23.